The highest BCUT2D eigenvalue weighted by Crippen LogP contribution is 2.51. The van der Waals surface area contributed by atoms with E-state index in [1.54, 1.807) is 12.1 Å². The minimum Gasteiger partial charge on any atom is -0.378 e. The molecule has 0 saturated carbocycles. The van der Waals surface area contributed by atoms with Gasteiger partial charge in [-0.3, -0.25) is 5.43 Å². The molecule has 1 aromatic carbocycles. The average molecular weight is 449 g/mol. The van der Waals surface area contributed by atoms with Crippen LogP contribution in [0.5, 0.6) is 0 Å². The van der Waals surface area contributed by atoms with Crippen molar-refractivity contribution in [2.75, 3.05) is 24.4 Å². The molecule has 0 bridgehead atoms. The fraction of sp³-hybridized carbons (Fsp3) is 0.294. The number of anilines is 2. The van der Waals surface area contributed by atoms with Crippen molar-refractivity contribution in [1.82, 2.24) is 19.8 Å². The third kappa shape index (κ3) is 4.09. The van der Waals surface area contributed by atoms with Crippen molar-refractivity contribution in [3.05, 3.63) is 47.8 Å². The van der Waals surface area contributed by atoms with Crippen molar-refractivity contribution in [2.24, 2.45) is 5.10 Å². The normalized spacial score (nSPS) is 13.2. The summed E-state index contributed by atoms with van der Waals surface area (Å²) in [6.45, 7) is 0. The number of hydrogen-bond acceptors (Lipinski definition) is 6. The lowest BCUT2D eigenvalue weighted by Crippen LogP contribution is -2.51. The van der Waals surface area contributed by atoms with Crippen molar-refractivity contribution in [3.63, 3.8) is 0 Å². The minimum absolute atomic E-state index is 0.101. The van der Waals surface area contributed by atoms with Crippen molar-refractivity contribution in [2.45, 2.75) is 18.0 Å². The number of nitrogens with zero attached hydrogens (tertiary/aromatic N) is 6. The van der Waals surface area contributed by atoms with Crippen LogP contribution in [-0.2, 0) is 5.92 Å². The molecule has 0 aliphatic carbocycles. The molecular weight excluding hydrogens is 435 g/mol. The number of hydrogen-bond donors (Lipinski definition) is 1. The first kappa shape index (κ1) is 22.2. The molecule has 0 aliphatic rings. The summed E-state index contributed by atoms with van der Waals surface area (Å²) in [6.07, 6.45) is -5.14. The second-order valence-electron chi connectivity index (χ2n) is 6.51. The van der Waals surface area contributed by atoms with Crippen LogP contribution in [0.25, 0.3) is 5.65 Å². The van der Waals surface area contributed by atoms with Crippen LogP contribution in [0.1, 0.15) is 11.4 Å². The average Bonchev–Trinajstić information content (AvgIpc) is 3.11. The zero-order valence-electron chi connectivity index (χ0n) is 15.9. The highest BCUT2D eigenvalue weighted by Gasteiger charge is 2.75. The molecule has 0 radical (unpaired) electrons. The molecule has 14 heteroatoms. The SMILES string of the molecule is CN(C)c1ccc(/C=N/Nc2ccc3nnc(C(F)(F)C(F)(F)C(F)(F)F)n3n2)cc1. The van der Waals surface area contributed by atoms with Gasteiger partial charge < -0.3 is 4.90 Å². The standard InChI is InChI=1S/C17H14F7N7/c1-30(2)11-5-3-10(4-6-11)9-25-26-12-7-8-13-27-28-14(31(13)29-12)15(18,19)16(20,21)17(22,23)24/h3-9H,1-2H3,(H,26,29)/b25-9+. The molecule has 3 aromatic rings. The van der Waals surface area contributed by atoms with Crippen LogP contribution in [0.15, 0.2) is 41.5 Å². The first-order valence-electron chi connectivity index (χ1n) is 8.46. The molecule has 0 unspecified atom stereocenters. The van der Waals surface area contributed by atoms with Gasteiger partial charge >= 0.3 is 18.0 Å². The maximum absolute atomic E-state index is 14.0. The van der Waals surface area contributed by atoms with Gasteiger partial charge in [-0.15, -0.1) is 15.3 Å². The van der Waals surface area contributed by atoms with Gasteiger partial charge in [0.15, 0.2) is 11.5 Å². The Morgan fingerprint density at radius 2 is 1.58 bits per heavy atom. The summed E-state index contributed by atoms with van der Waals surface area (Å²) in [5.74, 6) is -14.3. The monoisotopic (exact) mass is 449 g/mol. The zero-order valence-corrected chi connectivity index (χ0v) is 15.9. The molecule has 0 fully saturated rings. The number of fused-ring (bicyclic) bond motifs is 1. The van der Waals surface area contributed by atoms with E-state index in [1.165, 1.54) is 12.3 Å². The summed E-state index contributed by atoms with van der Waals surface area (Å²) < 4.78 is 92.2. The predicted molar refractivity (Wildman–Crippen MR) is 97.7 cm³/mol. The molecule has 2 heterocycles. The summed E-state index contributed by atoms with van der Waals surface area (Å²) in [4.78, 5) is 1.88. The van der Waals surface area contributed by atoms with E-state index < -0.39 is 29.5 Å². The van der Waals surface area contributed by atoms with E-state index in [9.17, 15) is 30.7 Å². The maximum atomic E-state index is 14.0. The lowest BCUT2D eigenvalue weighted by Gasteiger charge is -2.26. The van der Waals surface area contributed by atoms with E-state index in [-0.39, 0.29) is 10.3 Å². The molecule has 0 saturated heterocycles. The van der Waals surface area contributed by atoms with Gasteiger partial charge in [0.2, 0.25) is 5.82 Å². The van der Waals surface area contributed by atoms with Crippen molar-refractivity contribution >= 4 is 23.4 Å². The molecule has 2 aromatic heterocycles. The third-order valence-electron chi connectivity index (χ3n) is 4.10. The van der Waals surface area contributed by atoms with Gasteiger partial charge in [0.1, 0.15) is 0 Å². The number of benzene rings is 1. The molecule has 0 aliphatic heterocycles. The first-order valence-corrected chi connectivity index (χ1v) is 8.46. The number of hydrazone groups is 1. The van der Waals surface area contributed by atoms with Crippen molar-refractivity contribution < 1.29 is 30.7 Å². The van der Waals surface area contributed by atoms with Crippen molar-refractivity contribution in [3.8, 4) is 0 Å². The van der Waals surface area contributed by atoms with Gasteiger partial charge in [-0.1, -0.05) is 12.1 Å². The highest BCUT2D eigenvalue weighted by molar-refractivity contribution is 5.80. The number of halogens is 7. The van der Waals surface area contributed by atoms with E-state index in [0.717, 1.165) is 11.8 Å². The van der Waals surface area contributed by atoms with Gasteiger partial charge in [0.25, 0.3) is 0 Å². The largest absolute Gasteiger partial charge is 0.460 e. The Bertz CT molecular complexity index is 1090. The maximum Gasteiger partial charge on any atom is 0.460 e. The summed E-state index contributed by atoms with van der Waals surface area (Å²) >= 11 is 0. The van der Waals surface area contributed by atoms with E-state index in [1.807, 2.05) is 31.1 Å². The van der Waals surface area contributed by atoms with Gasteiger partial charge in [-0.2, -0.15) is 40.3 Å². The number of aromatic nitrogens is 4. The van der Waals surface area contributed by atoms with Gasteiger partial charge in [0, 0.05) is 19.8 Å². The Kier molecular flexibility index (Phi) is 5.50. The Morgan fingerprint density at radius 1 is 0.935 bits per heavy atom. The Labute approximate surface area is 170 Å². The Morgan fingerprint density at radius 3 is 2.16 bits per heavy atom. The molecule has 31 heavy (non-hydrogen) atoms. The quantitative estimate of drug-likeness (QED) is 0.351. The van der Waals surface area contributed by atoms with E-state index >= 15 is 0 Å². The van der Waals surface area contributed by atoms with E-state index in [0.29, 0.717) is 5.56 Å². The van der Waals surface area contributed by atoms with Gasteiger partial charge in [-0.05, 0) is 29.8 Å². The molecule has 0 atom stereocenters. The summed E-state index contributed by atoms with van der Waals surface area (Å²) in [6, 6.07) is 9.38. The van der Waals surface area contributed by atoms with E-state index in [2.05, 4.69) is 25.8 Å². The summed E-state index contributed by atoms with van der Waals surface area (Å²) in [7, 11) is 3.72. The Hall–Kier alpha value is -3.45. The molecule has 1 N–H and O–H groups in total. The molecule has 0 spiro atoms. The van der Waals surface area contributed by atoms with Crippen LogP contribution in [0.4, 0.5) is 42.2 Å². The second kappa shape index (κ2) is 7.67. The number of nitrogens with one attached hydrogen (secondary N) is 1. The molecule has 7 nitrogen and oxygen atoms in total. The second-order valence-corrected chi connectivity index (χ2v) is 6.51. The molecule has 3 rings (SSSR count). The van der Waals surface area contributed by atoms with Crippen LogP contribution in [-0.4, -0.2) is 52.2 Å². The van der Waals surface area contributed by atoms with Crippen LogP contribution < -0.4 is 10.3 Å². The molecule has 0 amide bonds. The lowest BCUT2D eigenvalue weighted by atomic mass is 10.1. The molecular formula is C17H14F7N7. The lowest BCUT2D eigenvalue weighted by molar-refractivity contribution is -0.361. The first-order chi connectivity index (χ1) is 14.3. The zero-order chi connectivity index (χ0) is 23.0. The van der Waals surface area contributed by atoms with Crippen LogP contribution in [0.3, 0.4) is 0 Å². The predicted octanol–water partition coefficient (Wildman–Crippen LogP) is 3.93. The van der Waals surface area contributed by atoms with Gasteiger partial charge in [-0.25, -0.2) is 0 Å². The number of rotatable bonds is 6. The van der Waals surface area contributed by atoms with Crippen molar-refractivity contribution in [1.29, 1.82) is 0 Å². The highest BCUT2D eigenvalue weighted by atomic mass is 19.4. The smallest absolute Gasteiger partial charge is 0.378 e. The molecule has 166 valence electrons. The van der Waals surface area contributed by atoms with Crippen LogP contribution in [0, 0.1) is 0 Å². The third-order valence-corrected chi connectivity index (χ3v) is 4.10. The Balaban J connectivity index is 1.86. The fourth-order valence-electron chi connectivity index (χ4n) is 2.39. The van der Waals surface area contributed by atoms with Crippen LogP contribution in [0.2, 0.25) is 0 Å². The number of alkyl halides is 7. The van der Waals surface area contributed by atoms with Crippen LogP contribution >= 0.6 is 0 Å². The summed E-state index contributed by atoms with van der Waals surface area (Å²) in [5.41, 5.74) is 3.53. The summed E-state index contributed by atoms with van der Waals surface area (Å²) in [5, 5.41) is 13.3. The minimum atomic E-state index is -6.51. The van der Waals surface area contributed by atoms with E-state index in [4.69, 9.17) is 0 Å². The van der Waals surface area contributed by atoms with Gasteiger partial charge in [0.05, 0.1) is 6.21 Å². The fourth-order valence-corrected chi connectivity index (χ4v) is 2.39. The topological polar surface area (TPSA) is 70.7 Å².